The summed E-state index contributed by atoms with van der Waals surface area (Å²) in [5.41, 5.74) is 1.76. The molecule has 0 fully saturated rings. The molecule has 0 aliphatic heterocycles. The molecule has 2 aromatic carbocycles. The van der Waals surface area contributed by atoms with Crippen LogP contribution in [0.3, 0.4) is 0 Å². The molecule has 2 aromatic rings. The highest BCUT2D eigenvalue weighted by Gasteiger charge is 2.05. The summed E-state index contributed by atoms with van der Waals surface area (Å²) in [6, 6.07) is 16.5. The van der Waals surface area contributed by atoms with Gasteiger partial charge in [0.15, 0.2) is 0 Å². The zero-order valence-corrected chi connectivity index (χ0v) is 9.51. The minimum absolute atomic E-state index is 0.481. The number of benzene rings is 2. The fraction of sp³-hybridized carbons (Fsp3) is 0.0714. The number of para-hydroxylation sites is 2. The predicted molar refractivity (Wildman–Crippen MR) is 67.3 cm³/mol. The Bertz CT molecular complexity index is 509. The lowest BCUT2D eigenvalue weighted by molar-refractivity contribution is 0.215. The molecule has 0 aliphatic rings. The molecule has 0 radical (unpaired) electrons. The summed E-state index contributed by atoms with van der Waals surface area (Å²) in [4.78, 5) is 11.6. The van der Waals surface area contributed by atoms with Gasteiger partial charge in [-0.05, 0) is 30.7 Å². The van der Waals surface area contributed by atoms with Crippen LogP contribution in [-0.4, -0.2) is 6.09 Å². The Balaban J connectivity index is 2.01. The van der Waals surface area contributed by atoms with Crippen molar-refractivity contribution in [2.24, 2.45) is 0 Å². The smallest absolute Gasteiger partial charge is 0.410 e. The molecule has 86 valence electrons. The van der Waals surface area contributed by atoms with E-state index < -0.39 is 6.09 Å². The molecule has 0 heterocycles. The number of hydrogen-bond acceptors (Lipinski definition) is 2. The van der Waals surface area contributed by atoms with Crippen molar-refractivity contribution in [1.29, 1.82) is 0 Å². The molecular formula is C14H13NO2. The SMILES string of the molecule is Cc1ccccc1NC(=O)Oc1ccccc1. The normalized spacial score (nSPS) is 9.71. The Labute approximate surface area is 100 Å². The topological polar surface area (TPSA) is 38.3 Å². The molecule has 0 spiro atoms. The fourth-order valence-corrected chi connectivity index (χ4v) is 1.44. The van der Waals surface area contributed by atoms with Crippen LogP contribution >= 0.6 is 0 Å². The van der Waals surface area contributed by atoms with Crippen LogP contribution in [0, 0.1) is 6.92 Å². The van der Waals surface area contributed by atoms with E-state index in [0.717, 1.165) is 11.3 Å². The first-order valence-electron chi connectivity index (χ1n) is 5.35. The van der Waals surface area contributed by atoms with Gasteiger partial charge in [-0.3, -0.25) is 5.32 Å². The van der Waals surface area contributed by atoms with Crippen molar-refractivity contribution in [3.8, 4) is 5.75 Å². The summed E-state index contributed by atoms with van der Waals surface area (Å²) in [5.74, 6) is 0.526. The molecule has 1 amide bonds. The van der Waals surface area contributed by atoms with E-state index in [2.05, 4.69) is 5.32 Å². The van der Waals surface area contributed by atoms with Gasteiger partial charge in [-0.15, -0.1) is 0 Å². The minimum atomic E-state index is -0.481. The second kappa shape index (κ2) is 5.16. The quantitative estimate of drug-likeness (QED) is 0.851. The molecule has 3 heteroatoms. The molecule has 0 aliphatic carbocycles. The van der Waals surface area contributed by atoms with Gasteiger partial charge in [0.05, 0.1) is 0 Å². The van der Waals surface area contributed by atoms with Gasteiger partial charge in [0.2, 0.25) is 0 Å². The second-order valence-corrected chi connectivity index (χ2v) is 3.64. The van der Waals surface area contributed by atoms with Gasteiger partial charge in [0, 0.05) is 5.69 Å². The van der Waals surface area contributed by atoms with Gasteiger partial charge >= 0.3 is 6.09 Å². The van der Waals surface area contributed by atoms with E-state index in [1.54, 1.807) is 12.1 Å². The Hall–Kier alpha value is -2.29. The Kier molecular flexibility index (Phi) is 3.40. The number of carbonyl (C=O) groups excluding carboxylic acids is 1. The van der Waals surface area contributed by atoms with Crippen molar-refractivity contribution in [3.05, 3.63) is 60.2 Å². The highest BCUT2D eigenvalue weighted by Crippen LogP contribution is 2.14. The standard InChI is InChI=1S/C14H13NO2/c1-11-7-5-6-10-13(11)15-14(16)17-12-8-3-2-4-9-12/h2-10H,1H3,(H,15,16). The van der Waals surface area contributed by atoms with Crippen LogP contribution in [-0.2, 0) is 0 Å². The lowest BCUT2D eigenvalue weighted by Gasteiger charge is -2.08. The lowest BCUT2D eigenvalue weighted by atomic mass is 10.2. The van der Waals surface area contributed by atoms with Crippen molar-refractivity contribution in [2.75, 3.05) is 5.32 Å². The monoisotopic (exact) mass is 227 g/mol. The van der Waals surface area contributed by atoms with E-state index >= 15 is 0 Å². The number of amides is 1. The number of anilines is 1. The van der Waals surface area contributed by atoms with Gasteiger partial charge in [0.1, 0.15) is 5.75 Å². The van der Waals surface area contributed by atoms with Gasteiger partial charge in [-0.2, -0.15) is 0 Å². The molecule has 0 saturated heterocycles. The van der Waals surface area contributed by atoms with E-state index in [-0.39, 0.29) is 0 Å². The van der Waals surface area contributed by atoms with Crippen LogP contribution in [0.4, 0.5) is 10.5 Å². The largest absolute Gasteiger partial charge is 0.417 e. The number of ether oxygens (including phenoxy) is 1. The Morgan fingerprint density at radius 2 is 1.65 bits per heavy atom. The average molecular weight is 227 g/mol. The van der Waals surface area contributed by atoms with Crippen LogP contribution in [0.15, 0.2) is 54.6 Å². The van der Waals surface area contributed by atoms with Crippen LogP contribution in [0.25, 0.3) is 0 Å². The van der Waals surface area contributed by atoms with E-state index in [1.807, 2.05) is 49.4 Å². The molecule has 0 bridgehead atoms. The van der Waals surface area contributed by atoms with Gasteiger partial charge < -0.3 is 4.74 Å². The zero-order valence-electron chi connectivity index (χ0n) is 9.51. The van der Waals surface area contributed by atoms with E-state index in [1.165, 1.54) is 0 Å². The van der Waals surface area contributed by atoms with Gasteiger partial charge in [-0.25, -0.2) is 4.79 Å². The first-order chi connectivity index (χ1) is 8.25. The highest BCUT2D eigenvalue weighted by molar-refractivity contribution is 5.87. The summed E-state index contributed by atoms with van der Waals surface area (Å²) < 4.78 is 5.12. The average Bonchev–Trinajstić information content (AvgIpc) is 2.33. The van der Waals surface area contributed by atoms with Gasteiger partial charge in [-0.1, -0.05) is 36.4 Å². The zero-order chi connectivity index (χ0) is 12.1. The molecule has 2 rings (SSSR count). The van der Waals surface area contributed by atoms with E-state index in [0.29, 0.717) is 5.75 Å². The maximum atomic E-state index is 11.6. The Morgan fingerprint density at radius 1 is 1.00 bits per heavy atom. The molecule has 3 nitrogen and oxygen atoms in total. The highest BCUT2D eigenvalue weighted by atomic mass is 16.6. The number of carbonyl (C=O) groups is 1. The molecule has 17 heavy (non-hydrogen) atoms. The van der Waals surface area contributed by atoms with E-state index in [4.69, 9.17) is 4.74 Å². The van der Waals surface area contributed by atoms with Gasteiger partial charge in [0.25, 0.3) is 0 Å². The first kappa shape index (κ1) is 11.2. The summed E-state index contributed by atoms with van der Waals surface area (Å²) in [6.45, 7) is 1.93. The van der Waals surface area contributed by atoms with Crippen molar-refractivity contribution in [2.45, 2.75) is 6.92 Å². The summed E-state index contributed by atoms with van der Waals surface area (Å²) in [6.07, 6.45) is -0.481. The summed E-state index contributed by atoms with van der Waals surface area (Å²) >= 11 is 0. The number of nitrogens with one attached hydrogen (secondary N) is 1. The second-order valence-electron chi connectivity index (χ2n) is 3.64. The fourth-order valence-electron chi connectivity index (χ4n) is 1.44. The van der Waals surface area contributed by atoms with Crippen LogP contribution < -0.4 is 10.1 Å². The van der Waals surface area contributed by atoms with Crippen LogP contribution in [0.5, 0.6) is 5.75 Å². The number of aryl methyl sites for hydroxylation is 1. The molecule has 1 N–H and O–H groups in total. The molecule has 0 saturated carbocycles. The maximum Gasteiger partial charge on any atom is 0.417 e. The first-order valence-corrected chi connectivity index (χ1v) is 5.35. The summed E-state index contributed by atoms with van der Waals surface area (Å²) in [7, 11) is 0. The maximum absolute atomic E-state index is 11.6. The lowest BCUT2D eigenvalue weighted by Crippen LogP contribution is -2.17. The van der Waals surface area contributed by atoms with Crippen molar-refractivity contribution >= 4 is 11.8 Å². The van der Waals surface area contributed by atoms with Crippen molar-refractivity contribution < 1.29 is 9.53 Å². The van der Waals surface area contributed by atoms with Crippen molar-refractivity contribution in [3.63, 3.8) is 0 Å². The number of rotatable bonds is 2. The van der Waals surface area contributed by atoms with Crippen LogP contribution in [0.1, 0.15) is 5.56 Å². The summed E-state index contributed by atoms with van der Waals surface area (Å²) in [5, 5.41) is 2.70. The third-order valence-electron chi connectivity index (χ3n) is 2.34. The third-order valence-corrected chi connectivity index (χ3v) is 2.34. The van der Waals surface area contributed by atoms with Crippen molar-refractivity contribution in [1.82, 2.24) is 0 Å². The van der Waals surface area contributed by atoms with E-state index in [9.17, 15) is 4.79 Å². The number of hydrogen-bond donors (Lipinski definition) is 1. The predicted octanol–water partition coefficient (Wildman–Crippen LogP) is 3.61. The third kappa shape index (κ3) is 3.08. The molecule has 0 aromatic heterocycles. The minimum Gasteiger partial charge on any atom is -0.410 e. The molecule has 0 unspecified atom stereocenters. The molecule has 0 atom stereocenters. The molecular weight excluding hydrogens is 214 g/mol. The Morgan fingerprint density at radius 3 is 2.35 bits per heavy atom. The van der Waals surface area contributed by atoms with Crippen LogP contribution in [0.2, 0.25) is 0 Å².